The van der Waals surface area contributed by atoms with Crippen molar-refractivity contribution in [2.24, 2.45) is 101 Å². The molecule has 0 bridgehead atoms. The zero-order valence-corrected chi connectivity index (χ0v) is 67.5. The lowest BCUT2D eigenvalue weighted by Gasteiger charge is -2.64. The third kappa shape index (κ3) is 12.1. The molecule has 8 unspecified atom stereocenters. The second kappa shape index (κ2) is 28.0. The van der Waals surface area contributed by atoms with E-state index in [-0.39, 0.29) is 113 Å². The molecule has 18 rings (SSSR count). The van der Waals surface area contributed by atoms with Gasteiger partial charge in [0.05, 0.1) is 112 Å². The number of hydrogen-bond donors (Lipinski definition) is 5. The molecule has 0 radical (unpaired) electrons. The highest BCUT2D eigenvalue weighted by molar-refractivity contribution is 5.66. The molecule has 0 amide bonds. The van der Waals surface area contributed by atoms with Crippen molar-refractivity contribution < 1.29 is 73.0 Å². The molecule has 107 heavy (non-hydrogen) atoms. The fourth-order valence-electron chi connectivity index (χ4n) is 31.4. The van der Waals surface area contributed by atoms with Crippen molar-refractivity contribution in [1.29, 1.82) is 0 Å². The summed E-state index contributed by atoms with van der Waals surface area (Å²) in [7, 11) is 0. The van der Waals surface area contributed by atoms with Gasteiger partial charge < -0.3 is 68.2 Å². The van der Waals surface area contributed by atoms with Gasteiger partial charge in [-0.15, -0.1) is 0 Å². The summed E-state index contributed by atoms with van der Waals surface area (Å²) in [5, 5.41) is 58.0. The maximum atomic E-state index is 12.7. The first-order chi connectivity index (χ1) is 49.5. The summed E-state index contributed by atoms with van der Waals surface area (Å²) in [5.74, 6) is 2.78. The van der Waals surface area contributed by atoms with Crippen LogP contribution in [-0.2, 0) is 47.4 Å². The topological polar surface area (TPSA) is 214 Å². The molecule has 19 heteroatoms. The number of nitrogens with zero attached hydrogens (tertiary/aromatic N) is 4. The molecule has 10 saturated carbocycles. The number of rotatable bonds is 13. The third-order valence-electron chi connectivity index (χ3n) is 37.0. The average molecular weight is 1500 g/mol. The fraction of sp³-hybridized carbons (Fsp3) is 0.989. The van der Waals surface area contributed by atoms with Crippen LogP contribution in [0.1, 0.15) is 247 Å². The lowest BCUT2D eigenvalue weighted by Crippen LogP contribution is -2.60. The number of hydrogen-bond acceptors (Lipinski definition) is 19. The van der Waals surface area contributed by atoms with E-state index in [4.69, 9.17) is 42.6 Å². The Morgan fingerprint density at radius 2 is 0.869 bits per heavy atom. The Hall–Kier alpha value is -1.21. The van der Waals surface area contributed by atoms with Crippen molar-refractivity contribution in [3.63, 3.8) is 0 Å². The molecule has 28 atom stereocenters. The van der Waals surface area contributed by atoms with Gasteiger partial charge in [-0.2, -0.15) is 0 Å². The first kappa shape index (κ1) is 81.0. The second-order valence-electron chi connectivity index (χ2n) is 42.6. The Morgan fingerprint density at radius 1 is 0.486 bits per heavy atom. The molecule has 18 aliphatic rings. The van der Waals surface area contributed by atoms with Gasteiger partial charge in [0.25, 0.3) is 0 Å². The van der Waals surface area contributed by atoms with E-state index in [0.29, 0.717) is 71.0 Å². The van der Waals surface area contributed by atoms with Crippen molar-refractivity contribution in [3.8, 4) is 0 Å². The van der Waals surface area contributed by atoms with Crippen molar-refractivity contribution in [2.45, 2.75) is 356 Å². The molecule has 19 nitrogen and oxygen atoms in total. The molecular weight excluding hydrogens is 1350 g/mol. The van der Waals surface area contributed by atoms with E-state index in [9.17, 15) is 30.3 Å². The Morgan fingerprint density at radius 3 is 1.24 bits per heavy atom. The van der Waals surface area contributed by atoms with Gasteiger partial charge in [-0.1, -0.05) is 84.1 Å². The van der Waals surface area contributed by atoms with Crippen LogP contribution in [0.25, 0.3) is 0 Å². The maximum Gasteiger partial charge on any atom is 0.303 e. The Balaban J connectivity index is 0.000000168. The lowest BCUT2D eigenvalue weighted by molar-refractivity contribution is -0.252. The van der Waals surface area contributed by atoms with Gasteiger partial charge in [0.2, 0.25) is 0 Å². The number of carbonyl (C=O) groups excluding carboxylic acids is 1. The lowest BCUT2D eigenvalue weighted by atomic mass is 9.41. The highest BCUT2D eigenvalue weighted by Crippen LogP contribution is 2.91. The molecule has 18 fully saturated rings. The normalized spacial score (nSPS) is 50.3. The van der Waals surface area contributed by atoms with Crippen molar-refractivity contribution >= 4 is 5.97 Å². The van der Waals surface area contributed by atoms with E-state index in [1.807, 2.05) is 0 Å². The zero-order valence-electron chi connectivity index (χ0n) is 67.5. The first-order valence-corrected chi connectivity index (χ1v) is 43.2. The van der Waals surface area contributed by atoms with Gasteiger partial charge in [0.1, 0.15) is 6.10 Å². The van der Waals surface area contributed by atoms with Crippen molar-refractivity contribution in [2.75, 3.05) is 92.0 Å². The minimum atomic E-state index is -1.25. The molecule has 0 aromatic heterocycles. The van der Waals surface area contributed by atoms with Crippen LogP contribution in [0.3, 0.4) is 0 Å². The zero-order chi connectivity index (χ0) is 74.1. The van der Waals surface area contributed by atoms with E-state index in [1.54, 1.807) is 27.7 Å². The quantitative estimate of drug-likeness (QED) is 0.108. The highest BCUT2D eigenvalue weighted by Gasteiger charge is 2.87. The predicted molar refractivity (Wildman–Crippen MR) is 411 cm³/mol. The van der Waals surface area contributed by atoms with Crippen LogP contribution in [0.15, 0.2) is 0 Å². The molecule has 10 aliphatic carbocycles. The molecule has 5 N–H and O–H groups in total. The van der Waals surface area contributed by atoms with E-state index in [1.165, 1.54) is 110 Å². The maximum absolute atomic E-state index is 12.7. The largest absolute Gasteiger partial charge is 0.457 e. The fourth-order valence-corrected chi connectivity index (χ4v) is 31.4. The summed E-state index contributed by atoms with van der Waals surface area (Å²) >= 11 is 0. The second-order valence-corrected chi connectivity index (χ2v) is 42.6. The number of piperidine rings is 2. The van der Waals surface area contributed by atoms with E-state index in [2.05, 4.69) is 88.8 Å². The Labute approximate surface area is 645 Å². The van der Waals surface area contributed by atoms with Crippen LogP contribution in [0, 0.1) is 101 Å². The number of carbonyl (C=O) groups is 1. The summed E-state index contributed by atoms with van der Waals surface area (Å²) in [4.78, 5) is 22.8. The minimum Gasteiger partial charge on any atom is -0.457 e. The van der Waals surface area contributed by atoms with Crippen LogP contribution in [0.4, 0.5) is 0 Å². The minimum absolute atomic E-state index is 0. The number of morpholine rings is 2. The van der Waals surface area contributed by atoms with Gasteiger partial charge in [-0.3, -0.25) is 24.4 Å². The van der Waals surface area contributed by atoms with E-state index in [0.717, 1.165) is 111 Å². The average Bonchev–Trinajstić information content (AvgIpc) is 1.46. The third-order valence-corrected chi connectivity index (χ3v) is 37.0. The van der Waals surface area contributed by atoms with Crippen LogP contribution in [-0.4, -0.2) is 252 Å². The highest BCUT2D eigenvalue weighted by atomic mass is 16.7. The molecule has 612 valence electrons. The van der Waals surface area contributed by atoms with E-state index < -0.39 is 53.8 Å². The summed E-state index contributed by atoms with van der Waals surface area (Å²) in [6.45, 7) is 46.2. The molecular formula is C88H150N4O15. The van der Waals surface area contributed by atoms with Crippen LogP contribution < -0.4 is 0 Å². The summed E-state index contributed by atoms with van der Waals surface area (Å²) in [6, 6.07) is 2.52. The molecule has 4 spiro atoms. The van der Waals surface area contributed by atoms with Crippen molar-refractivity contribution in [3.05, 3.63) is 0 Å². The Kier molecular flexibility index (Phi) is 21.2. The standard InChI is InChI=1S/C44H72N2O8.C42H70N2O7.2CH4/c1-26-21-30(38(40(5,6)49)52-27(2)47)53-36-35(26)41(7)15-16-44-25-43(44)14-11-33(39(3,4)31(43)9-10-32(44)42(41,8)37(36)48)54-34-22-46(19-20-51-34)28-12-17-45(18-13-28)29-23-50-24-29;1-25-20-28(35(45)38(4,5)47)50-34-33(25)39(6)14-15-42-24-41(42)13-10-31(37(2,3)29(41)8-9-30(42)40(39,7)36(34)46)51-32-21-44(18-19-49-32)26-11-16-43(17-12-26)27-22-48-23-27;;/h26,28-38,48-49H,9-25H2,1-8H3;25-36,45-47H,8-24H2,1-7H3;2*1H4/t26-,30?,31+,32?,33+,34+,35+,36?,37+,38+,41-,42-,43?,44+;25-,28?,29+,30?,31+,32+,33+,34?,35+,36+,39-,40-,41?,42+;;/m11../s1. The Bertz CT molecular complexity index is 3180. The summed E-state index contributed by atoms with van der Waals surface area (Å²) in [5.41, 5.74) is -1.78. The number of aliphatic hydroxyl groups excluding tert-OH is 3. The van der Waals surface area contributed by atoms with Crippen LogP contribution in [0.2, 0.25) is 0 Å². The monoisotopic (exact) mass is 1500 g/mol. The predicted octanol–water partition coefficient (Wildman–Crippen LogP) is 11.5. The smallest absolute Gasteiger partial charge is 0.303 e. The van der Waals surface area contributed by atoms with Crippen LogP contribution >= 0.6 is 0 Å². The van der Waals surface area contributed by atoms with Crippen LogP contribution in [0.5, 0.6) is 0 Å². The molecule has 8 heterocycles. The number of esters is 1. The van der Waals surface area contributed by atoms with Gasteiger partial charge in [0, 0.05) is 82.2 Å². The van der Waals surface area contributed by atoms with Gasteiger partial charge in [0.15, 0.2) is 18.7 Å². The SMILES string of the molecule is C.C.CC(=O)O[C@@H](C1C[C@@H](C)[C@H]2C(O1)[C@H](O)[C@@]1(C)C3CC[C@H]4C(C)(C)[C@@H](O[C@H]5CN(C6CCN(C7COC7)CC6)CCO5)CCC45C[C@@]35CC[C@]21C)C(C)(C)O.C[C@@H]1CC([C@H](O)C(C)(C)O)OC2[C@H]1[C@@]1(C)CC[C@@]34CC35CC[C@H](O[C@H]3CN(C6CCN(C7COC7)CC6)CCO3)C(C)(C)[C@@H]5CCC4[C@]1(C)[C@H]2O. The molecule has 8 aliphatic heterocycles. The number of aliphatic hydroxyl groups is 5. The number of ether oxygens (including phenoxy) is 9. The van der Waals surface area contributed by atoms with Gasteiger partial charge in [-0.05, 0) is 247 Å². The van der Waals surface area contributed by atoms with Gasteiger partial charge in [-0.25, -0.2) is 0 Å². The molecule has 8 saturated heterocycles. The first-order valence-electron chi connectivity index (χ1n) is 43.2. The molecule has 0 aromatic rings. The van der Waals surface area contributed by atoms with E-state index >= 15 is 0 Å². The summed E-state index contributed by atoms with van der Waals surface area (Å²) in [6.07, 6.45) is 18.6. The summed E-state index contributed by atoms with van der Waals surface area (Å²) < 4.78 is 57.1. The van der Waals surface area contributed by atoms with Crippen molar-refractivity contribution in [1.82, 2.24) is 19.6 Å². The van der Waals surface area contributed by atoms with Gasteiger partial charge >= 0.3 is 5.97 Å². The molecule has 0 aromatic carbocycles. The number of fused-ring (bicyclic) bond motifs is 8. The number of likely N-dealkylation sites (tertiary alicyclic amines) is 2.